The monoisotopic (exact) mass is 117 g/mol. The summed E-state index contributed by atoms with van der Waals surface area (Å²) in [6.45, 7) is 7.90. The molecule has 0 fully saturated rings. The van der Waals surface area contributed by atoms with E-state index in [0.717, 1.165) is 19.3 Å². The molecule has 1 heteroatoms. The maximum atomic E-state index is 8.07. The molecule has 0 aliphatic carbocycles. The molecule has 0 heterocycles. The normalized spacial score (nSPS) is 7.50. The lowest BCUT2D eigenvalue weighted by Gasteiger charge is -1.79. The van der Waals surface area contributed by atoms with Crippen molar-refractivity contribution in [2.45, 2.75) is 33.1 Å². The first-order valence-corrected chi connectivity index (χ1v) is 3.23. The molecule has 51 valence electrons. The van der Waals surface area contributed by atoms with Crippen molar-refractivity contribution in [2.24, 2.45) is 0 Å². The molecule has 0 saturated heterocycles. The first-order chi connectivity index (χ1) is 3.83. The van der Waals surface area contributed by atoms with E-state index in [4.69, 9.17) is 5.11 Å². The van der Waals surface area contributed by atoms with Gasteiger partial charge in [-0.05, 0) is 6.42 Å². The highest BCUT2D eigenvalue weighted by Gasteiger charge is 1.69. The minimum Gasteiger partial charge on any atom is -0.396 e. The lowest BCUT2D eigenvalue weighted by atomic mass is 10.4. The molecule has 8 heavy (non-hydrogen) atoms. The Kier molecular flexibility index (Phi) is 21.4. The summed E-state index contributed by atoms with van der Waals surface area (Å²) in [5.41, 5.74) is 0. The topological polar surface area (TPSA) is 20.2 Å². The molecular weight excluding hydrogens is 100 g/mol. The van der Waals surface area contributed by atoms with Gasteiger partial charge in [-0.2, -0.15) is 0 Å². The van der Waals surface area contributed by atoms with Crippen LogP contribution in [-0.4, -0.2) is 11.7 Å². The predicted octanol–water partition coefficient (Wildman–Crippen LogP) is 2.01. The van der Waals surface area contributed by atoms with Gasteiger partial charge < -0.3 is 5.11 Å². The van der Waals surface area contributed by atoms with Crippen LogP contribution in [0.2, 0.25) is 0 Å². The van der Waals surface area contributed by atoms with E-state index in [1.807, 2.05) is 6.92 Å². The number of aliphatic hydroxyl groups is 1. The predicted molar refractivity (Wildman–Crippen MR) is 37.6 cm³/mol. The van der Waals surface area contributed by atoms with Gasteiger partial charge in [-0.1, -0.05) is 33.6 Å². The van der Waals surface area contributed by atoms with E-state index in [1.165, 1.54) is 0 Å². The van der Waals surface area contributed by atoms with E-state index in [-0.39, 0.29) is 0 Å². The zero-order chi connectivity index (χ0) is 6.83. The van der Waals surface area contributed by atoms with Crippen molar-refractivity contribution in [2.75, 3.05) is 6.61 Å². The van der Waals surface area contributed by atoms with E-state index in [1.54, 1.807) is 0 Å². The van der Waals surface area contributed by atoms with Crippen LogP contribution in [0.5, 0.6) is 0 Å². The molecule has 1 radical (unpaired) electrons. The fraction of sp³-hybridized carbons (Fsp3) is 0.857. The summed E-state index contributed by atoms with van der Waals surface area (Å²) in [6.07, 6.45) is 3.04. The molecule has 0 aromatic carbocycles. The van der Waals surface area contributed by atoms with E-state index < -0.39 is 0 Å². The molecule has 0 saturated carbocycles. The highest BCUT2D eigenvalue weighted by molar-refractivity contribution is 4.23. The number of unbranched alkanes of at least 4 members (excludes halogenated alkanes) is 1. The Morgan fingerprint density at radius 3 is 1.75 bits per heavy atom. The Bertz CT molecular complexity index is 18.3. The number of rotatable bonds is 2. The second-order valence-corrected chi connectivity index (χ2v) is 1.58. The van der Waals surface area contributed by atoms with E-state index in [9.17, 15) is 0 Å². The third kappa shape index (κ3) is 38.2. The zero-order valence-electron chi connectivity index (χ0n) is 5.98. The van der Waals surface area contributed by atoms with E-state index >= 15 is 0 Å². The van der Waals surface area contributed by atoms with Gasteiger partial charge in [0.1, 0.15) is 0 Å². The van der Waals surface area contributed by atoms with Crippen LogP contribution >= 0.6 is 0 Å². The summed E-state index contributed by atoms with van der Waals surface area (Å²) in [5, 5.41) is 8.07. The summed E-state index contributed by atoms with van der Waals surface area (Å²) < 4.78 is 0. The van der Waals surface area contributed by atoms with Gasteiger partial charge in [0.2, 0.25) is 0 Å². The van der Waals surface area contributed by atoms with Gasteiger partial charge in [0.15, 0.2) is 0 Å². The Morgan fingerprint density at radius 1 is 1.38 bits per heavy atom. The number of aliphatic hydroxyl groups excluding tert-OH is 1. The molecule has 0 unspecified atom stereocenters. The van der Waals surface area contributed by atoms with Gasteiger partial charge in [0, 0.05) is 6.61 Å². The summed E-state index contributed by atoms with van der Waals surface area (Å²) in [5.74, 6) is 0. The van der Waals surface area contributed by atoms with Crippen molar-refractivity contribution in [1.29, 1.82) is 0 Å². The lowest BCUT2D eigenvalue weighted by Crippen LogP contribution is -1.75. The first-order valence-electron chi connectivity index (χ1n) is 3.23. The minimum absolute atomic E-state index is 0.344. The SMILES string of the molecule is CCCCO.[CH2]CC. The van der Waals surface area contributed by atoms with Crippen LogP contribution in [0.3, 0.4) is 0 Å². The van der Waals surface area contributed by atoms with Crippen LogP contribution in [0.1, 0.15) is 33.1 Å². The largest absolute Gasteiger partial charge is 0.396 e. The highest BCUT2D eigenvalue weighted by atomic mass is 16.2. The van der Waals surface area contributed by atoms with E-state index in [0.29, 0.717) is 6.61 Å². The van der Waals surface area contributed by atoms with Gasteiger partial charge >= 0.3 is 0 Å². The molecule has 0 amide bonds. The van der Waals surface area contributed by atoms with Crippen molar-refractivity contribution >= 4 is 0 Å². The van der Waals surface area contributed by atoms with Crippen molar-refractivity contribution < 1.29 is 5.11 Å². The fourth-order valence-corrected chi connectivity index (χ4v) is 0.158. The standard InChI is InChI=1S/C4H10O.C3H7/c1-2-3-4-5;1-3-2/h5H,2-4H2,1H3;1,3H2,2H3. The molecule has 0 atom stereocenters. The second-order valence-electron chi connectivity index (χ2n) is 1.58. The molecule has 0 aliphatic heterocycles. The summed E-state index contributed by atoms with van der Waals surface area (Å²) in [4.78, 5) is 0. The lowest BCUT2D eigenvalue weighted by molar-refractivity contribution is 0.287. The Hall–Kier alpha value is -0.0400. The minimum atomic E-state index is 0.344. The molecule has 1 nitrogen and oxygen atoms in total. The smallest absolute Gasteiger partial charge is 0.0430 e. The fourth-order valence-electron chi connectivity index (χ4n) is 0.158. The maximum absolute atomic E-state index is 8.07. The Balaban J connectivity index is 0. The van der Waals surface area contributed by atoms with Gasteiger partial charge in [-0.3, -0.25) is 0 Å². The van der Waals surface area contributed by atoms with E-state index in [2.05, 4.69) is 13.8 Å². The summed E-state index contributed by atoms with van der Waals surface area (Å²) in [7, 11) is 0. The Labute approximate surface area is 52.7 Å². The van der Waals surface area contributed by atoms with Crippen LogP contribution in [0, 0.1) is 6.92 Å². The quantitative estimate of drug-likeness (QED) is 0.586. The third-order valence-electron chi connectivity index (χ3n) is 0.512. The average molecular weight is 117 g/mol. The van der Waals surface area contributed by atoms with Crippen molar-refractivity contribution in [1.82, 2.24) is 0 Å². The van der Waals surface area contributed by atoms with Crippen LogP contribution < -0.4 is 0 Å². The molecule has 0 rings (SSSR count). The molecule has 0 spiro atoms. The molecule has 0 aromatic rings. The van der Waals surface area contributed by atoms with Gasteiger partial charge in [-0.15, -0.1) is 0 Å². The molecule has 1 N–H and O–H groups in total. The van der Waals surface area contributed by atoms with Crippen LogP contribution in [0.4, 0.5) is 0 Å². The van der Waals surface area contributed by atoms with Crippen LogP contribution in [0.15, 0.2) is 0 Å². The van der Waals surface area contributed by atoms with Crippen molar-refractivity contribution in [3.05, 3.63) is 6.92 Å². The van der Waals surface area contributed by atoms with Crippen LogP contribution in [0.25, 0.3) is 0 Å². The van der Waals surface area contributed by atoms with Crippen LogP contribution in [-0.2, 0) is 0 Å². The maximum Gasteiger partial charge on any atom is 0.0430 e. The zero-order valence-corrected chi connectivity index (χ0v) is 5.98. The molecule has 0 bridgehead atoms. The van der Waals surface area contributed by atoms with Gasteiger partial charge in [-0.25, -0.2) is 0 Å². The number of hydrogen-bond acceptors (Lipinski definition) is 1. The first kappa shape index (κ1) is 10.9. The summed E-state index contributed by atoms with van der Waals surface area (Å²) in [6, 6.07) is 0. The van der Waals surface area contributed by atoms with Gasteiger partial charge in [0.05, 0.1) is 0 Å². The Morgan fingerprint density at radius 2 is 1.75 bits per heavy atom. The molecule has 0 aromatic heterocycles. The third-order valence-corrected chi connectivity index (χ3v) is 0.512. The van der Waals surface area contributed by atoms with Crippen molar-refractivity contribution in [3.63, 3.8) is 0 Å². The average Bonchev–Trinajstić information content (AvgIpc) is 1.71. The highest BCUT2D eigenvalue weighted by Crippen LogP contribution is 1.78. The summed E-state index contributed by atoms with van der Waals surface area (Å²) >= 11 is 0. The molecular formula is C7H17O. The number of hydrogen-bond donors (Lipinski definition) is 1. The van der Waals surface area contributed by atoms with Crippen molar-refractivity contribution in [3.8, 4) is 0 Å². The second kappa shape index (κ2) is 15.8. The molecule has 0 aliphatic rings. The van der Waals surface area contributed by atoms with Gasteiger partial charge in [0.25, 0.3) is 0 Å².